The summed E-state index contributed by atoms with van der Waals surface area (Å²) in [5.74, 6) is 1.37. The van der Waals surface area contributed by atoms with Crippen LogP contribution in [0, 0.1) is 12.8 Å². The van der Waals surface area contributed by atoms with Crippen molar-refractivity contribution in [2.45, 2.75) is 31.2 Å². The van der Waals surface area contributed by atoms with E-state index in [2.05, 4.69) is 9.62 Å². The minimum Gasteiger partial charge on any atom is -0.468 e. The van der Waals surface area contributed by atoms with Crippen LogP contribution in [0.1, 0.15) is 24.2 Å². The van der Waals surface area contributed by atoms with Crippen molar-refractivity contribution >= 4 is 10.0 Å². The zero-order chi connectivity index (χ0) is 17.0. The Balaban J connectivity index is 1.47. The number of hydrogen-bond acceptors (Lipinski definition) is 4. The first-order valence-corrected chi connectivity index (χ1v) is 9.82. The maximum absolute atomic E-state index is 12.3. The zero-order valence-electron chi connectivity index (χ0n) is 13.9. The van der Waals surface area contributed by atoms with Gasteiger partial charge in [-0.25, -0.2) is 13.1 Å². The molecule has 0 amide bonds. The summed E-state index contributed by atoms with van der Waals surface area (Å²) in [5.41, 5.74) is 1.05. The van der Waals surface area contributed by atoms with Crippen LogP contribution >= 0.6 is 0 Å². The predicted molar refractivity (Wildman–Crippen MR) is 93.1 cm³/mol. The van der Waals surface area contributed by atoms with E-state index < -0.39 is 10.0 Å². The summed E-state index contributed by atoms with van der Waals surface area (Å²) in [5, 5.41) is 0. The molecule has 2 heterocycles. The molecule has 0 saturated carbocycles. The van der Waals surface area contributed by atoms with Gasteiger partial charge in [0.1, 0.15) is 5.76 Å². The molecule has 0 bridgehead atoms. The van der Waals surface area contributed by atoms with Crippen LogP contribution in [0.2, 0.25) is 0 Å². The molecule has 0 spiro atoms. The van der Waals surface area contributed by atoms with Crippen LogP contribution in [-0.4, -0.2) is 33.0 Å². The number of benzene rings is 1. The summed E-state index contributed by atoms with van der Waals surface area (Å²) in [6, 6.07) is 10.8. The third-order valence-corrected chi connectivity index (χ3v) is 6.00. The molecule has 1 aromatic heterocycles. The first-order valence-electron chi connectivity index (χ1n) is 8.34. The third-order valence-electron chi connectivity index (χ3n) is 4.56. The summed E-state index contributed by atoms with van der Waals surface area (Å²) in [6.45, 7) is 5.22. The first-order chi connectivity index (χ1) is 11.5. The highest BCUT2D eigenvalue weighted by Crippen LogP contribution is 2.19. The van der Waals surface area contributed by atoms with Gasteiger partial charge >= 0.3 is 0 Å². The van der Waals surface area contributed by atoms with Crippen LogP contribution in [0.15, 0.2) is 52.0 Å². The summed E-state index contributed by atoms with van der Waals surface area (Å²) in [7, 11) is -3.41. The number of furan rings is 1. The normalized spacial score (nSPS) is 17.2. The molecular weight excluding hydrogens is 324 g/mol. The average Bonchev–Trinajstić information content (AvgIpc) is 3.08. The van der Waals surface area contributed by atoms with Crippen molar-refractivity contribution in [3.63, 3.8) is 0 Å². The van der Waals surface area contributed by atoms with Crippen LogP contribution in [0.3, 0.4) is 0 Å². The Bertz CT molecular complexity index is 731. The van der Waals surface area contributed by atoms with E-state index in [1.165, 1.54) is 0 Å². The Morgan fingerprint density at radius 1 is 1.17 bits per heavy atom. The topological polar surface area (TPSA) is 62.6 Å². The fourth-order valence-electron chi connectivity index (χ4n) is 3.00. The van der Waals surface area contributed by atoms with Gasteiger partial charge in [-0.2, -0.15) is 0 Å². The average molecular weight is 348 g/mol. The second-order valence-electron chi connectivity index (χ2n) is 6.46. The van der Waals surface area contributed by atoms with Gasteiger partial charge in [0.25, 0.3) is 0 Å². The van der Waals surface area contributed by atoms with Gasteiger partial charge in [-0.05, 0) is 63.0 Å². The molecule has 3 rings (SSSR count). The van der Waals surface area contributed by atoms with Gasteiger partial charge in [-0.1, -0.05) is 17.7 Å². The van der Waals surface area contributed by atoms with Crippen LogP contribution in [0.4, 0.5) is 0 Å². The number of nitrogens with one attached hydrogen (secondary N) is 1. The fourth-order valence-corrected chi connectivity index (χ4v) is 4.12. The van der Waals surface area contributed by atoms with Gasteiger partial charge in [0.15, 0.2) is 0 Å². The fraction of sp³-hybridized carbons (Fsp3) is 0.444. The molecule has 0 unspecified atom stereocenters. The molecule has 5 nitrogen and oxygen atoms in total. The molecule has 2 aromatic rings. The van der Waals surface area contributed by atoms with Crippen LogP contribution in [-0.2, 0) is 16.6 Å². The minimum atomic E-state index is -3.41. The standard InChI is InChI=1S/C18H24N2O3S/c1-15-4-6-18(7-5-15)24(21,22)19-13-16-8-10-20(11-9-16)14-17-3-2-12-23-17/h2-7,12,16,19H,8-11,13-14H2,1H3. The highest BCUT2D eigenvalue weighted by molar-refractivity contribution is 7.89. The molecule has 0 aliphatic carbocycles. The van der Waals surface area contributed by atoms with E-state index in [4.69, 9.17) is 4.42 Å². The van der Waals surface area contributed by atoms with Crippen molar-refractivity contribution in [1.29, 1.82) is 0 Å². The quantitative estimate of drug-likeness (QED) is 0.872. The summed E-state index contributed by atoms with van der Waals surface area (Å²) >= 11 is 0. The third kappa shape index (κ3) is 4.47. The van der Waals surface area contributed by atoms with E-state index >= 15 is 0 Å². The van der Waals surface area contributed by atoms with Gasteiger partial charge in [0.05, 0.1) is 17.7 Å². The lowest BCUT2D eigenvalue weighted by Crippen LogP contribution is -2.38. The number of nitrogens with zero attached hydrogens (tertiary/aromatic N) is 1. The van der Waals surface area contributed by atoms with Gasteiger partial charge in [0, 0.05) is 6.54 Å². The molecule has 1 aliphatic heterocycles. The van der Waals surface area contributed by atoms with Gasteiger partial charge in [-0.3, -0.25) is 4.90 Å². The van der Waals surface area contributed by atoms with E-state index in [1.54, 1.807) is 18.4 Å². The van der Waals surface area contributed by atoms with Crippen molar-refractivity contribution in [2.24, 2.45) is 5.92 Å². The van der Waals surface area contributed by atoms with Crippen molar-refractivity contribution in [1.82, 2.24) is 9.62 Å². The molecule has 24 heavy (non-hydrogen) atoms. The molecule has 1 saturated heterocycles. The molecule has 1 fully saturated rings. The number of hydrogen-bond donors (Lipinski definition) is 1. The Labute approximate surface area is 143 Å². The molecule has 1 aromatic carbocycles. The van der Waals surface area contributed by atoms with Crippen LogP contribution < -0.4 is 4.72 Å². The van der Waals surface area contributed by atoms with Gasteiger partial charge in [-0.15, -0.1) is 0 Å². The van der Waals surface area contributed by atoms with Gasteiger partial charge in [0.2, 0.25) is 10.0 Å². The SMILES string of the molecule is Cc1ccc(S(=O)(=O)NCC2CCN(Cc3ccco3)CC2)cc1. The molecule has 130 valence electrons. The lowest BCUT2D eigenvalue weighted by Gasteiger charge is -2.31. The number of rotatable bonds is 6. The first kappa shape index (κ1) is 17.2. The highest BCUT2D eigenvalue weighted by Gasteiger charge is 2.22. The highest BCUT2D eigenvalue weighted by atomic mass is 32.2. The predicted octanol–water partition coefficient (Wildman–Crippen LogP) is 2.78. The minimum absolute atomic E-state index is 0.336. The second kappa shape index (κ2) is 7.51. The van der Waals surface area contributed by atoms with Crippen molar-refractivity contribution < 1.29 is 12.8 Å². The number of likely N-dealkylation sites (tertiary alicyclic amines) is 1. The van der Waals surface area contributed by atoms with E-state index in [0.29, 0.717) is 17.4 Å². The molecular formula is C18H24N2O3S. The summed E-state index contributed by atoms with van der Waals surface area (Å²) < 4.78 is 32.8. The summed E-state index contributed by atoms with van der Waals surface area (Å²) in [4.78, 5) is 2.69. The van der Waals surface area contributed by atoms with Crippen molar-refractivity contribution in [2.75, 3.05) is 19.6 Å². The maximum atomic E-state index is 12.3. The Morgan fingerprint density at radius 2 is 1.88 bits per heavy atom. The lowest BCUT2D eigenvalue weighted by molar-refractivity contribution is 0.168. The summed E-state index contributed by atoms with van der Waals surface area (Å²) in [6.07, 6.45) is 3.69. The van der Waals surface area contributed by atoms with E-state index in [0.717, 1.165) is 43.8 Å². The Kier molecular flexibility index (Phi) is 5.38. The second-order valence-corrected chi connectivity index (χ2v) is 8.23. The monoisotopic (exact) mass is 348 g/mol. The Morgan fingerprint density at radius 3 is 2.50 bits per heavy atom. The number of sulfonamides is 1. The molecule has 0 radical (unpaired) electrons. The molecule has 6 heteroatoms. The van der Waals surface area contributed by atoms with Gasteiger partial charge < -0.3 is 4.42 Å². The van der Waals surface area contributed by atoms with Crippen molar-refractivity contribution in [3.05, 3.63) is 54.0 Å². The zero-order valence-corrected chi connectivity index (χ0v) is 14.8. The number of aryl methyl sites for hydroxylation is 1. The molecule has 0 atom stereocenters. The molecule has 1 aliphatic rings. The lowest BCUT2D eigenvalue weighted by atomic mass is 9.97. The van der Waals surface area contributed by atoms with Crippen LogP contribution in [0.25, 0.3) is 0 Å². The van der Waals surface area contributed by atoms with E-state index in [-0.39, 0.29) is 0 Å². The molecule has 1 N–H and O–H groups in total. The van der Waals surface area contributed by atoms with Crippen molar-refractivity contribution in [3.8, 4) is 0 Å². The van der Waals surface area contributed by atoms with E-state index in [1.807, 2.05) is 31.2 Å². The maximum Gasteiger partial charge on any atom is 0.240 e. The van der Waals surface area contributed by atoms with Crippen LogP contribution in [0.5, 0.6) is 0 Å². The Hall–Kier alpha value is -1.63. The number of piperidine rings is 1. The largest absolute Gasteiger partial charge is 0.468 e. The van der Waals surface area contributed by atoms with E-state index in [9.17, 15) is 8.42 Å². The smallest absolute Gasteiger partial charge is 0.240 e.